The predicted octanol–water partition coefficient (Wildman–Crippen LogP) is 2.60. The lowest BCUT2D eigenvalue weighted by Gasteiger charge is -2.32. The minimum atomic E-state index is 0.0270. The van der Waals surface area contributed by atoms with Gasteiger partial charge in [-0.3, -0.25) is 14.8 Å². The number of hydrogen-bond donors (Lipinski definition) is 0. The number of likely N-dealkylation sites (tertiary alicyclic amines) is 1. The number of rotatable bonds is 3. The Labute approximate surface area is 158 Å². The number of amides is 1. The van der Waals surface area contributed by atoms with Crippen molar-refractivity contribution in [3.8, 4) is 11.4 Å². The van der Waals surface area contributed by atoms with E-state index >= 15 is 0 Å². The van der Waals surface area contributed by atoms with Crippen LogP contribution in [0.5, 0.6) is 0 Å². The van der Waals surface area contributed by atoms with E-state index in [1.165, 1.54) is 0 Å². The van der Waals surface area contributed by atoms with E-state index in [4.69, 9.17) is 4.98 Å². The summed E-state index contributed by atoms with van der Waals surface area (Å²) in [6.45, 7) is 3.37. The van der Waals surface area contributed by atoms with E-state index in [0.29, 0.717) is 12.1 Å². The number of carbonyl (C=O) groups is 1. The molecule has 0 saturated carbocycles. The molecule has 1 fully saturated rings. The Balaban J connectivity index is 1.56. The first-order valence-electron chi connectivity index (χ1n) is 9.13. The van der Waals surface area contributed by atoms with Crippen molar-refractivity contribution < 1.29 is 4.79 Å². The number of aryl methyl sites for hydroxylation is 1. The van der Waals surface area contributed by atoms with Crippen molar-refractivity contribution in [3.05, 3.63) is 60.2 Å². The van der Waals surface area contributed by atoms with Crippen molar-refractivity contribution in [1.82, 2.24) is 29.4 Å². The number of aromatic nitrogens is 5. The molecule has 4 heterocycles. The number of pyridine rings is 1. The SMILES string of the molecule is Cc1ncc(-c2cncc([C@@H]3CCCN(C(=O)c4cccnc4)C3)n2)n1C. The molecule has 0 bridgehead atoms. The van der Waals surface area contributed by atoms with Crippen LogP contribution in [0.2, 0.25) is 0 Å². The Morgan fingerprint density at radius 3 is 2.81 bits per heavy atom. The van der Waals surface area contributed by atoms with E-state index in [2.05, 4.69) is 15.0 Å². The highest BCUT2D eigenvalue weighted by atomic mass is 16.2. The maximum atomic E-state index is 12.8. The molecule has 3 aromatic rings. The van der Waals surface area contributed by atoms with Crippen molar-refractivity contribution in [1.29, 1.82) is 0 Å². The van der Waals surface area contributed by atoms with Gasteiger partial charge >= 0.3 is 0 Å². The van der Waals surface area contributed by atoms with Gasteiger partial charge in [0.05, 0.1) is 29.3 Å². The summed E-state index contributed by atoms with van der Waals surface area (Å²) >= 11 is 0. The summed E-state index contributed by atoms with van der Waals surface area (Å²) in [6.07, 6.45) is 10.7. The normalized spacial score (nSPS) is 17.1. The lowest BCUT2D eigenvalue weighted by atomic mass is 9.94. The smallest absolute Gasteiger partial charge is 0.255 e. The van der Waals surface area contributed by atoms with Crippen LogP contribution in [-0.2, 0) is 7.05 Å². The Morgan fingerprint density at radius 1 is 1.19 bits per heavy atom. The van der Waals surface area contributed by atoms with Gasteiger partial charge in [-0.1, -0.05) is 0 Å². The first-order chi connectivity index (χ1) is 13.1. The molecule has 4 rings (SSSR count). The summed E-state index contributed by atoms with van der Waals surface area (Å²) in [5.41, 5.74) is 3.31. The maximum Gasteiger partial charge on any atom is 0.255 e. The minimum Gasteiger partial charge on any atom is -0.338 e. The van der Waals surface area contributed by atoms with E-state index in [0.717, 1.165) is 42.3 Å². The second kappa shape index (κ2) is 7.26. The fraction of sp³-hybridized carbons (Fsp3) is 0.350. The van der Waals surface area contributed by atoms with Gasteiger partial charge in [-0.05, 0) is 31.9 Å². The molecule has 0 aliphatic carbocycles. The molecular weight excluding hydrogens is 340 g/mol. The number of imidazole rings is 1. The van der Waals surface area contributed by atoms with Gasteiger partial charge < -0.3 is 9.47 Å². The third-order valence-corrected chi connectivity index (χ3v) is 5.17. The Hall–Kier alpha value is -3.09. The minimum absolute atomic E-state index is 0.0270. The van der Waals surface area contributed by atoms with E-state index in [9.17, 15) is 4.79 Å². The topological polar surface area (TPSA) is 76.8 Å². The number of nitrogens with zero attached hydrogens (tertiary/aromatic N) is 6. The zero-order valence-corrected chi connectivity index (χ0v) is 15.5. The Kier molecular flexibility index (Phi) is 4.66. The molecule has 0 radical (unpaired) electrons. The zero-order valence-electron chi connectivity index (χ0n) is 15.5. The van der Waals surface area contributed by atoms with Crippen LogP contribution >= 0.6 is 0 Å². The second-order valence-electron chi connectivity index (χ2n) is 6.91. The Morgan fingerprint density at radius 2 is 2.07 bits per heavy atom. The van der Waals surface area contributed by atoms with Gasteiger partial charge in [-0.2, -0.15) is 0 Å². The first-order valence-corrected chi connectivity index (χ1v) is 9.13. The van der Waals surface area contributed by atoms with Crippen LogP contribution in [0.3, 0.4) is 0 Å². The van der Waals surface area contributed by atoms with E-state index in [1.54, 1.807) is 24.7 Å². The standard InChI is InChI=1S/C20H22N6O/c1-14-23-12-19(25(14)2)18-11-22-10-17(24-18)16-6-4-8-26(13-16)20(27)15-5-3-7-21-9-15/h3,5,7,9-12,16H,4,6,8,13H2,1-2H3/t16-/m1/s1. The molecule has 0 spiro atoms. The summed E-state index contributed by atoms with van der Waals surface area (Å²) < 4.78 is 2.01. The van der Waals surface area contributed by atoms with Crippen molar-refractivity contribution >= 4 is 5.91 Å². The zero-order chi connectivity index (χ0) is 18.8. The van der Waals surface area contributed by atoms with Gasteiger partial charge in [0.15, 0.2) is 0 Å². The van der Waals surface area contributed by atoms with E-state index in [1.807, 2.05) is 41.9 Å². The highest BCUT2D eigenvalue weighted by molar-refractivity contribution is 5.94. The molecule has 138 valence electrons. The van der Waals surface area contributed by atoms with E-state index < -0.39 is 0 Å². The van der Waals surface area contributed by atoms with E-state index in [-0.39, 0.29) is 11.8 Å². The molecule has 1 amide bonds. The number of carbonyl (C=O) groups excluding carboxylic acids is 1. The molecule has 1 atom stereocenters. The first kappa shape index (κ1) is 17.3. The van der Waals surface area contributed by atoms with Gasteiger partial charge in [-0.15, -0.1) is 0 Å². The summed E-state index contributed by atoms with van der Waals surface area (Å²) in [6, 6.07) is 3.60. The molecule has 1 saturated heterocycles. The van der Waals surface area contributed by atoms with Crippen LogP contribution in [0.25, 0.3) is 11.4 Å². The largest absolute Gasteiger partial charge is 0.338 e. The molecule has 7 nitrogen and oxygen atoms in total. The van der Waals surface area contributed by atoms with Crippen molar-refractivity contribution in [3.63, 3.8) is 0 Å². The van der Waals surface area contributed by atoms with Crippen LogP contribution in [0, 0.1) is 6.92 Å². The highest BCUT2D eigenvalue weighted by Gasteiger charge is 2.27. The number of hydrogen-bond acceptors (Lipinski definition) is 5. The lowest BCUT2D eigenvalue weighted by molar-refractivity contribution is 0.0705. The molecule has 0 aromatic carbocycles. The van der Waals surface area contributed by atoms with Crippen molar-refractivity contribution in [2.45, 2.75) is 25.7 Å². The summed E-state index contributed by atoms with van der Waals surface area (Å²) in [4.78, 5) is 32.3. The third-order valence-electron chi connectivity index (χ3n) is 5.17. The fourth-order valence-electron chi connectivity index (χ4n) is 3.52. The van der Waals surface area contributed by atoms with Crippen LogP contribution in [0.15, 0.2) is 43.1 Å². The van der Waals surface area contributed by atoms with Crippen molar-refractivity contribution in [2.24, 2.45) is 7.05 Å². The summed E-state index contributed by atoms with van der Waals surface area (Å²) in [5.74, 6) is 1.14. The Bertz CT molecular complexity index is 952. The van der Waals surface area contributed by atoms with Gasteiger partial charge in [0, 0.05) is 44.6 Å². The molecule has 3 aromatic heterocycles. The lowest BCUT2D eigenvalue weighted by Crippen LogP contribution is -2.39. The number of piperidine rings is 1. The van der Waals surface area contributed by atoms with Crippen LogP contribution < -0.4 is 0 Å². The molecule has 0 N–H and O–H groups in total. The quantitative estimate of drug-likeness (QED) is 0.716. The molecule has 27 heavy (non-hydrogen) atoms. The predicted molar refractivity (Wildman–Crippen MR) is 101 cm³/mol. The maximum absolute atomic E-state index is 12.8. The van der Waals surface area contributed by atoms with Gasteiger partial charge in [0.25, 0.3) is 5.91 Å². The summed E-state index contributed by atoms with van der Waals surface area (Å²) in [7, 11) is 1.97. The third kappa shape index (κ3) is 3.45. The van der Waals surface area contributed by atoms with Crippen LogP contribution in [-0.4, -0.2) is 48.4 Å². The molecular formula is C20H22N6O. The van der Waals surface area contributed by atoms with Crippen molar-refractivity contribution in [2.75, 3.05) is 13.1 Å². The van der Waals surface area contributed by atoms with Gasteiger partial charge in [0.2, 0.25) is 0 Å². The monoisotopic (exact) mass is 362 g/mol. The van der Waals surface area contributed by atoms with Gasteiger partial charge in [0.1, 0.15) is 11.5 Å². The second-order valence-corrected chi connectivity index (χ2v) is 6.91. The average Bonchev–Trinajstić information content (AvgIpc) is 3.07. The highest BCUT2D eigenvalue weighted by Crippen LogP contribution is 2.27. The molecule has 1 aliphatic heterocycles. The fourth-order valence-corrected chi connectivity index (χ4v) is 3.52. The van der Waals surface area contributed by atoms with Crippen LogP contribution in [0.1, 0.15) is 40.6 Å². The molecule has 1 aliphatic rings. The molecule has 7 heteroatoms. The van der Waals surface area contributed by atoms with Gasteiger partial charge in [-0.25, -0.2) is 9.97 Å². The molecule has 0 unspecified atom stereocenters. The summed E-state index contributed by atoms with van der Waals surface area (Å²) in [5, 5.41) is 0. The van der Waals surface area contributed by atoms with Crippen LogP contribution in [0.4, 0.5) is 0 Å². The average molecular weight is 362 g/mol.